The Labute approximate surface area is 99.9 Å². The number of hydrogen-bond donors (Lipinski definition) is 1. The van der Waals surface area contributed by atoms with Crippen LogP contribution in [0.25, 0.3) is 11.0 Å². The fourth-order valence-corrected chi connectivity index (χ4v) is 1.82. The van der Waals surface area contributed by atoms with E-state index < -0.39 is 5.97 Å². The van der Waals surface area contributed by atoms with Crippen LogP contribution < -0.4 is 0 Å². The van der Waals surface area contributed by atoms with Crippen molar-refractivity contribution in [2.75, 3.05) is 0 Å². The highest BCUT2D eigenvalue weighted by atomic mass is 16.4. The first-order chi connectivity index (χ1) is 7.80. The van der Waals surface area contributed by atoms with E-state index in [9.17, 15) is 4.79 Å². The Balaban J connectivity index is 2.70. The highest BCUT2D eigenvalue weighted by Crippen LogP contribution is 2.25. The molecule has 0 unspecified atom stereocenters. The molecule has 0 saturated heterocycles. The second kappa shape index (κ2) is 3.58. The van der Waals surface area contributed by atoms with Gasteiger partial charge in [0.15, 0.2) is 0 Å². The van der Waals surface area contributed by atoms with Gasteiger partial charge in [-0.15, -0.1) is 0 Å². The summed E-state index contributed by atoms with van der Waals surface area (Å²) in [6, 6.07) is 3.61. The zero-order chi connectivity index (χ0) is 12.8. The third-order valence-electron chi connectivity index (χ3n) is 2.98. The van der Waals surface area contributed by atoms with Crippen molar-refractivity contribution in [3.63, 3.8) is 0 Å². The molecule has 0 aliphatic carbocycles. The molecule has 2 aromatic heterocycles. The highest BCUT2D eigenvalue weighted by molar-refractivity contribution is 5.93. The molecule has 0 radical (unpaired) electrons. The maximum Gasteiger partial charge on any atom is 0.352 e. The third-order valence-corrected chi connectivity index (χ3v) is 2.98. The van der Waals surface area contributed by atoms with Crippen molar-refractivity contribution >= 4 is 17.0 Å². The first kappa shape index (κ1) is 11.6. The van der Waals surface area contributed by atoms with E-state index in [0.29, 0.717) is 0 Å². The standard InChI is InChI=1S/C13H16N2O2/c1-13(2,3)8-5-10-9(14-7-8)6-11(12(16)17)15(10)4/h5-7H,1-4H3,(H,16,17). The Morgan fingerprint density at radius 2 is 2.00 bits per heavy atom. The number of hydrogen-bond acceptors (Lipinski definition) is 2. The number of fused-ring (bicyclic) bond motifs is 1. The topological polar surface area (TPSA) is 55.1 Å². The van der Waals surface area contributed by atoms with E-state index in [1.54, 1.807) is 17.7 Å². The van der Waals surface area contributed by atoms with Crippen LogP contribution in [0, 0.1) is 0 Å². The molecule has 2 rings (SSSR count). The molecule has 0 aromatic carbocycles. The number of nitrogens with zero attached hydrogens (tertiary/aromatic N) is 2. The van der Waals surface area contributed by atoms with Crippen molar-refractivity contribution in [2.24, 2.45) is 7.05 Å². The zero-order valence-electron chi connectivity index (χ0n) is 10.5. The van der Waals surface area contributed by atoms with Crippen LogP contribution in [0.5, 0.6) is 0 Å². The van der Waals surface area contributed by atoms with Crippen molar-refractivity contribution in [1.29, 1.82) is 0 Å². The lowest BCUT2D eigenvalue weighted by Crippen LogP contribution is -2.11. The van der Waals surface area contributed by atoms with Crippen LogP contribution in [0.1, 0.15) is 36.8 Å². The number of carboxylic acids is 1. The van der Waals surface area contributed by atoms with Gasteiger partial charge in [0.05, 0.1) is 11.0 Å². The second-order valence-electron chi connectivity index (χ2n) is 5.27. The van der Waals surface area contributed by atoms with Crippen molar-refractivity contribution in [2.45, 2.75) is 26.2 Å². The molecule has 0 aliphatic rings. The van der Waals surface area contributed by atoms with E-state index in [0.717, 1.165) is 16.6 Å². The third kappa shape index (κ3) is 1.90. The molecule has 0 fully saturated rings. The number of aromatic carboxylic acids is 1. The summed E-state index contributed by atoms with van der Waals surface area (Å²) >= 11 is 0. The van der Waals surface area contributed by atoms with E-state index in [1.165, 1.54) is 0 Å². The fourth-order valence-electron chi connectivity index (χ4n) is 1.82. The monoisotopic (exact) mass is 232 g/mol. The molecular weight excluding hydrogens is 216 g/mol. The maximum absolute atomic E-state index is 11.0. The lowest BCUT2D eigenvalue weighted by atomic mass is 9.88. The van der Waals surface area contributed by atoms with Crippen LogP contribution in [0.3, 0.4) is 0 Å². The molecule has 1 N–H and O–H groups in total. The van der Waals surface area contributed by atoms with E-state index in [4.69, 9.17) is 5.11 Å². The molecule has 90 valence electrons. The number of aromatic nitrogens is 2. The summed E-state index contributed by atoms with van der Waals surface area (Å²) in [5, 5.41) is 9.05. The quantitative estimate of drug-likeness (QED) is 0.822. The summed E-state index contributed by atoms with van der Waals surface area (Å²) in [4.78, 5) is 15.4. The van der Waals surface area contributed by atoms with Gasteiger partial charge in [-0.3, -0.25) is 4.98 Å². The maximum atomic E-state index is 11.0. The molecule has 4 heteroatoms. The van der Waals surface area contributed by atoms with Crippen LogP contribution in [-0.2, 0) is 12.5 Å². The number of rotatable bonds is 1. The Morgan fingerprint density at radius 1 is 1.35 bits per heavy atom. The zero-order valence-corrected chi connectivity index (χ0v) is 10.5. The second-order valence-corrected chi connectivity index (χ2v) is 5.27. The summed E-state index contributed by atoms with van der Waals surface area (Å²) in [5.41, 5.74) is 2.95. The predicted octanol–water partition coefficient (Wildman–Crippen LogP) is 2.57. The van der Waals surface area contributed by atoms with Gasteiger partial charge in [-0.05, 0) is 23.1 Å². The van der Waals surface area contributed by atoms with Gasteiger partial charge in [0, 0.05) is 13.2 Å². The lowest BCUT2D eigenvalue weighted by Gasteiger charge is -2.18. The molecule has 0 spiro atoms. The molecule has 17 heavy (non-hydrogen) atoms. The Bertz CT molecular complexity index is 591. The molecule has 0 amide bonds. The van der Waals surface area contributed by atoms with E-state index in [1.807, 2.05) is 12.3 Å². The molecular formula is C13H16N2O2. The molecule has 2 aromatic rings. The predicted molar refractivity (Wildman–Crippen MR) is 66.4 cm³/mol. The van der Waals surface area contributed by atoms with Crippen molar-refractivity contribution < 1.29 is 9.90 Å². The number of carbonyl (C=O) groups is 1. The minimum atomic E-state index is -0.928. The van der Waals surface area contributed by atoms with Gasteiger partial charge in [0.2, 0.25) is 0 Å². The fraction of sp³-hybridized carbons (Fsp3) is 0.385. The van der Waals surface area contributed by atoms with Crippen molar-refractivity contribution in [1.82, 2.24) is 9.55 Å². The van der Waals surface area contributed by atoms with Gasteiger partial charge in [-0.25, -0.2) is 4.79 Å². The van der Waals surface area contributed by atoms with Gasteiger partial charge in [0.1, 0.15) is 5.69 Å². The SMILES string of the molecule is Cn1c(C(=O)O)cc2ncc(C(C)(C)C)cc21. The Hall–Kier alpha value is -1.84. The van der Waals surface area contributed by atoms with Crippen molar-refractivity contribution in [3.8, 4) is 0 Å². The highest BCUT2D eigenvalue weighted by Gasteiger charge is 2.18. The largest absolute Gasteiger partial charge is 0.477 e. The summed E-state index contributed by atoms with van der Waals surface area (Å²) < 4.78 is 1.67. The molecule has 2 heterocycles. The van der Waals surface area contributed by atoms with E-state index in [-0.39, 0.29) is 11.1 Å². The average molecular weight is 232 g/mol. The van der Waals surface area contributed by atoms with Gasteiger partial charge < -0.3 is 9.67 Å². The van der Waals surface area contributed by atoms with Gasteiger partial charge in [0.25, 0.3) is 0 Å². The Morgan fingerprint density at radius 3 is 2.53 bits per heavy atom. The van der Waals surface area contributed by atoms with E-state index in [2.05, 4.69) is 25.8 Å². The Kier molecular flexibility index (Phi) is 2.45. The van der Waals surface area contributed by atoms with Crippen LogP contribution in [0.4, 0.5) is 0 Å². The summed E-state index contributed by atoms with van der Waals surface area (Å²) in [7, 11) is 1.75. The number of carboxylic acid groups (broad SMARTS) is 1. The number of aryl methyl sites for hydroxylation is 1. The summed E-state index contributed by atoms with van der Waals surface area (Å²) in [6.45, 7) is 6.32. The molecule has 0 aliphatic heterocycles. The first-order valence-electron chi connectivity index (χ1n) is 5.50. The molecule has 0 atom stereocenters. The first-order valence-corrected chi connectivity index (χ1v) is 5.50. The van der Waals surface area contributed by atoms with Crippen LogP contribution in [0.2, 0.25) is 0 Å². The minimum Gasteiger partial charge on any atom is -0.477 e. The number of pyridine rings is 1. The van der Waals surface area contributed by atoms with E-state index >= 15 is 0 Å². The molecule has 0 saturated carbocycles. The average Bonchev–Trinajstić information content (AvgIpc) is 2.54. The lowest BCUT2D eigenvalue weighted by molar-refractivity contribution is 0.0687. The van der Waals surface area contributed by atoms with Crippen LogP contribution in [-0.4, -0.2) is 20.6 Å². The normalized spacial score (nSPS) is 12.0. The van der Waals surface area contributed by atoms with Gasteiger partial charge in [-0.2, -0.15) is 0 Å². The van der Waals surface area contributed by atoms with Crippen LogP contribution >= 0.6 is 0 Å². The summed E-state index contributed by atoms with van der Waals surface area (Å²) in [5.74, 6) is -0.928. The molecule has 0 bridgehead atoms. The van der Waals surface area contributed by atoms with Crippen LogP contribution in [0.15, 0.2) is 18.3 Å². The smallest absolute Gasteiger partial charge is 0.352 e. The molecule has 4 nitrogen and oxygen atoms in total. The van der Waals surface area contributed by atoms with Crippen molar-refractivity contribution in [3.05, 3.63) is 29.6 Å². The summed E-state index contributed by atoms with van der Waals surface area (Å²) in [6.07, 6.45) is 1.81. The van der Waals surface area contributed by atoms with Gasteiger partial charge in [-0.1, -0.05) is 20.8 Å². The minimum absolute atomic E-state index is 0.00878. The van der Waals surface area contributed by atoms with Gasteiger partial charge >= 0.3 is 5.97 Å².